The van der Waals surface area contributed by atoms with E-state index in [1.807, 2.05) is 30.0 Å². The highest BCUT2D eigenvalue weighted by molar-refractivity contribution is 6.33. The van der Waals surface area contributed by atoms with Crippen molar-refractivity contribution in [3.8, 4) is 0 Å². The molecule has 2 fully saturated rings. The minimum atomic E-state index is -0.00421. The summed E-state index contributed by atoms with van der Waals surface area (Å²) in [5.74, 6) is 0.602. The number of hydrogen-bond acceptors (Lipinski definition) is 2. The van der Waals surface area contributed by atoms with Crippen LogP contribution in [0.3, 0.4) is 0 Å². The first-order valence-electron chi connectivity index (χ1n) is 8.07. The van der Waals surface area contributed by atoms with Gasteiger partial charge >= 0.3 is 6.03 Å². The average molecular weight is 322 g/mol. The largest absolute Gasteiger partial charge is 0.322 e. The Labute approximate surface area is 137 Å². The minimum Gasteiger partial charge on any atom is -0.321 e. The number of aryl methyl sites for hydroxylation is 1. The van der Waals surface area contributed by atoms with Crippen LogP contribution in [0.5, 0.6) is 0 Å². The Bertz CT molecular complexity index is 543. The summed E-state index contributed by atoms with van der Waals surface area (Å²) in [6, 6.07) is 6.05. The van der Waals surface area contributed by atoms with Gasteiger partial charge < -0.3 is 15.1 Å². The molecule has 22 heavy (non-hydrogen) atoms. The molecule has 120 valence electrons. The summed E-state index contributed by atoms with van der Waals surface area (Å²) >= 11 is 6.23. The number of anilines is 1. The van der Waals surface area contributed by atoms with Crippen LogP contribution in [-0.4, -0.2) is 48.6 Å². The van der Waals surface area contributed by atoms with Crippen LogP contribution in [0.4, 0.5) is 10.5 Å². The Kier molecular flexibility index (Phi) is 4.59. The van der Waals surface area contributed by atoms with Crippen molar-refractivity contribution >= 4 is 23.3 Å². The number of halogens is 1. The zero-order chi connectivity index (χ0) is 15.7. The van der Waals surface area contributed by atoms with Crippen LogP contribution in [-0.2, 0) is 0 Å². The molecule has 1 aromatic carbocycles. The molecule has 4 nitrogen and oxygen atoms in total. The number of likely N-dealkylation sites (tertiary alicyclic amines) is 2. The molecular formula is C17H24ClN3O. The molecule has 1 aromatic rings. The van der Waals surface area contributed by atoms with Crippen molar-refractivity contribution < 1.29 is 4.79 Å². The van der Waals surface area contributed by atoms with Gasteiger partial charge in [-0.05, 0) is 57.3 Å². The fraction of sp³-hybridized carbons (Fsp3) is 0.588. The maximum Gasteiger partial charge on any atom is 0.322 e. The Morgan fingerprint density at radius 2 is 2.14 bits per heavy atom. The van der Waals surface area contributed by atoms with Crippen LogP contribution >= 0.6 is 11.6 Å². The highest BCUT2D eigenvalue weighted by atomic mass is 35.5. The monoisotopic (exact) mass is 321 g/mol. The molecule has 0 saturated carbocycles. The smallest absolute Gasteiger partial charge is 0.321 e. The van der Waals surface area contributed by atoms with Crippen LogP contribution in [0.2, 0.25) is 5.02 Å². The van der Waals surface area contributed by atoms with E-state index in [9.17, 15) is 4.79 Å². The van der Waals surface area contributed by atoms with E-state index in [1.165, 1.54) is 6.42 Å². The number of para-hydroxylation sites is 1. The fourth-order valence-corrected chi connectivity index (χ4v) is 4.08. The summed E-state index contributed by atoms with van der Waals surface area (Å²) in [5, 5.41) is 3.64. The molecule has 0 unspecified atom stereocenters. The van der Waals surface area contributed by atoms with Gasteiger partial charge in [-0.2, -0.15) is 0 Å². The third-order valence-corrected chi connectivity index (χ3v) is 5.30. The average Bonchev–Trinajstić information content (AvgIpc) is 2.50. The molecule has 1 N–H and O–H groups in total. The standard InChI is InChI=1S/C17H24ClN3O/c1-12-5-3-7-14(18)16(12)19-17(22)21-9-4-6-13-11-20(2)10-8-15(13)21/h3,5,7,13,15H,4,6,8-11H2,1-2H3,(H,19,22)/t13-,15-/m1/s1. The predicted octanol–water partition coefficient (Wildman–Crippen LogP) is 3.60. The number of fused-ring (bicyclic) bond motifs is 1. The molecule has 0 aromatic heterocycles. The second-order valence-corrected chi connectivity index (χ2v) is 6.98. The van der Waals surface area contributed by atoms with Gasteiger partial charge in [0.2, 0.25) is 0 Å². The normalized spacial score (nSPS) is 25.7. The lowest BCUT2D eigenvalue weighted by molar-refractivity contribution is 0.0579. The molecule has 0 spiro atoms. The number of urea groups is 1. The van der Waals surface area contributed by atoms with E-state index in [0.29, 0.717) is 17.0 Å². The number of hydrogen-bond donors (Lipinski definition) is 1. The molecule has 2 aliphatic rings. The summed E-state index contributed by atoms with van der Waals surface area (Å²) in [6.07, 6.45) is 3.38. The molecule has 2 saturated heterocycles. The van der Waals surface area contributed by atoms with Crippen molar-refractivity contribution in [1.29, 1.82) is 0 Å². The van der Waals surface area contributed by atoms with E-state index in [1.54, 1.807) is 0 Å². The van der Waals surface area contributed by atoms with Crippen molar-refractivity contribution in [3.63, 3.8) is 0 Å². The van der Waals surface area contributed by atoms with Crippen LogP contribution in [0, 0.1) is 12.8 Å². The second-order valence-electron chi connectivity index (χ2n) is 6.58. The van der Waals surface area contributed by atoms with Crippen molar-refractivity contribution in [2.45, 2.75) is 32.2 Å². The van der Waals surface area contributed by atoms with Gasteiger partial charge in [0.25, 0.3) is 0 Å². The summed E-state index contributed by atoms with van der Waals surface area (Å²) < 4.78 is 0. The van der Waals surface area contributed by atoms with Crippen molar-refractivity contribution in [1.82, 2.24) is 9.80 Å². The summed E-state index contributed by atoms with van der Waals surface area (Å²) in [4.78, 5) is 17.2. The van der Waals surface area contributed by atoms with Gasteiger partial charge in [0.05, 0.1) is 10.7 Å². The fourth-order valence-electron chi connectivity index (χ4n) is 3.81. The zero-order valence-corrected chi connectivity index (χ0v) is 14.1. The van der Waals surface area contributed by atoms with Crippen LogP contribution in [0.25, 0.3) is 0 Å². The predicted molar refractivity (Wildman–Crippen MR) is 90.5 cm³/mol. The number of benzene rings is 1. The first-order valence-corrected chi connectivity index (χ1v) is 8.45. The van der Waals surface area contributed by atoms with Gasteiger partial charge in [-0.1, -0.05) is 23.7 Å². The zero-order valence-electron chi connectivity index (χ0n) is 13.3. The molecule has 3 rings (SSSR count). The first-order chi connectivity index (χ1) is 10.6. The van der Waals surface area contributed by atoms with Crippen LogP contribution in [0.1, 0.15) is 24.8 Å². The van der Waals surface area contributed by atoms with Crippen molar-refractivity contribution in [2.75, 3.05) is 32.0 Å². The SMILES string of the molecule is Cc1cccc(Cl)c1NC(=O)N1CCC[C@@H]2CN(C)CC[C@H]21. The lowest BCUT2D eigenvalue weighted by atomic mass is 9.84. The van der Waals surface area contributed by atoms with Gasteiger partial charge in [0, 0.05) is 19.1 Å². The number of nitrogens with one attached hydrogen (secondary N) is 1. The summed E-state index contributed by atoms with van der Waals surface area (Å²) in [6.45, 7) is 4.98. The second kappa shape index (κ2) is 6.47. The van der Waals surface area contributed by atoms with E-state index < -0.39 is 0 Å². The maximum atomic E-state index is 12.8. The molecule has 0 radical (unpaired) electrons. The molecule has 2 heterocycles. The molecule has 0 bridgehead atoms. The molecular weight excluding hydrogens is 298 g/mol. The van der Waals surface area contributed by atoms with Crippen molar-refractivity contribution in [2.24, 2.45) is 5.92 Å². The number of nitrogens with zero attached hydrogens (tertiary/aromatic N) is 2. The van der Waals surface area contributed by atoms with E-state index in [0.717, 1.165) is 43.7 Å². The maximum absolute atomic E-state index is 12.8. The van der Waals surface area contributed by atoms with Crippen molar-refractivity contribution in [3.05, 3.63) is 28.8 Å². The Hall–Kier alpha value is -1.26. The molecule has 5 heteroatoms. The number of amides is 2. The van der Waals surface area contributed by atoms with Gasteiger partial charge in [-0.25, -0.2) is 4.79 Å². The van der Waals surface area contributed by atoms with Gasteiger partial charge in [-0.3, -0.25) is 0 Å². The van der Waals surface area contributed by atoms with Gasteiger partial charge in [0.1, 0.15) is 0 Å². The lowest BCUT2D eigenvalue weighted by Gasteiger charge is -2.46. The third-order valence-electron chi connectivity index (χ3n) is 4.99. The number of rotatable bonds is 1. The minimum absolute atomic E-state index is 0.00421. The molecule has 0 aliphatic carbocycles. The summed E-state index contributed by atoms with van der Waals surface area (Å²) in [7, 11) is 2.17. The molecule has 2 aliphatic heterocycles. The molecule has 2 amide bonds. The number of carbonyl (C=O) groups is 1. The quantitative estimate of drug-likeness (QED) is 0.858. The first kappa shape index (κ1) is 15.6. The van der Waals surface area contributed by atoms with E-state index in [2.05, 4.69) is 17.3 Å². The number of piperidine rings is 2. The van der Waals surface area contributed by atoms with Crippen LogP contribution in [0.15, 0.2) is 18.2 Å². The third kappa shape index (κ3) is 3.08. The van der Waals surface area contributed by atoms with Crippen LogP contribution < -0.4 is 5.32 Å². The Balaban J connectivity index is 1.74. The topological polar surface area (TPSA) is 35.6 Å². The Morgan fingerprint density at radius 1 is 1.32 bits per heavy atom. The van der Waals surface area contributed by atoms with Gasteiger partial charge in [0.15, 0.2) is 0 Å². The number of carbonyl (C=O) groups excluding carboxylic acids is 1. The highest BCUT2D eigenvalue weighted by Crippen LogP contribution is 2.31. The summed E-state index contributed by atoms with van der Waals surface area (Å²) in [5.41, 5.74) is 1.74. The van der Waals surface area contributed by atoms with E-state index in [-0.39, 0.29) is 6.03 Å². The van der Waals surface area contributed by atoms with E-state index >= 15 is 0 Å². The molecule has 2 atom stereocenters. The highest BCUT2D eigenvalue weighted by Gasteiger charge is 2.37. The lowest BCUT2D eigenvalue weighted by Crippen LogP contribution is -2.56. The Morgan fingerprint density at radius 3 is 2.91 bits per heavy atom. The van der Waals surface area contributed by atoms with Gasteiger partial charge in [-0.15, -0.1) is 0 Å². The van der Waals surface area contributed by atoms with E-state index in [4.69, 9.17) is 11.6 Å².